The predicted molar refractivity (Wildman–Crippen MR) is 116 cm³/mol. The maximum atomic E-state index is 12.3. The van der Waals surface area contributed by atoms with Gasteiger partial charge in [-0.25, -0.2) is 9.97 Å². The Morgan fingerprint density at radius 2 is 1.55 bits per heavy atom. The summed E-state index contributed by atoms with van der Waals surface area (Å²) in [6.45, 7) is 0. The molecule has 0 fully saturated rings. The molecule has 10 heteroatoms. The molecule has 33 heavy (non-hydrogen) atoms. The molecule has 0 aliphatic rings. The molecule has 0 bridgehead atoms. The topological polar surface area (TPSA) is 103 Å². The van der Waals surface area contributed by atoms with Gasteiger partial charge in [0.15, 0.2) is 0 Å². The second kappa shape index (κ2) is 8.95. The van der Waals surface area contributed by atoms with E-state index in [4.69, 9.17) is 5.73 Å². The van der Waals surface area contributed by atoms with Crippen molar-refractivity contribution in [2.75, 3.05) is 5.32 Å². The number of nitrogens with one attached hydrogen (secondary N) is 1. The van der Waals surface area contributed by atoms with Crippen molar-refractivity contribution in [1.82, 2.24) is 15.0 Å². The highest BCUT2D eigenvalue weighted by Gasteiger charge is 2.30. The van der Waals surface area contributed by atoms with Gasteiger partial charge in [-0.1, -0.05) is 12.1 Å². The number of nitrogens with two attached hydrogens (primary N) is 1. The summed E-state index contributed by atoms with van der Waals surface area (Å²) in [5.74, 6) is -0.370. The molecule has 0 aliphatic carbocycles. The summed E-state index contributed by atoms with van der Waals surface area (Å²) in [6, 6.07) is 17.4. The SMILES string of the molecule is NC(=O)c1ccc(-c2cc(-c3cc(Nc4ccc(OC(F)(F)F)cc4)ncn3)ccn2)cc1. The van der Waals surface area contributed by atoms with Crippen LogP contribution in [0.3, 0.4) is 0 Å². The molecular formula is C23H16F3N5O2. The van der Waals surface area contributed by atoms with E-state index in [0.717, 1.165) is 11.1 Å². The molecule has 2 heterocycles. The number of rotatable bonds is 6. The van der Waals surface area contributed by atoms with Gasteiger partial charge < -0.3 is 15.8 Å². The first-order valence-electron chi connectivity index (χ1n) is 9.58. The monoisotopic (exact) mass is 451 g/mol. The van der Waals surface area contributed by atoms with Gasteiger partial charge in [-0.2, -0.15) is 0 Å². The molecule has 7 nitrogen and oxygen atoms in total. The average Bonchev–Trinajstić information content (AvgIpc) is 2.80. The fourth-order valence-electron chi connectivity index (χ4n) is 3.02. The second-order valence-corrected chi connectivity index (χ2v) is 6.86. The van der Waals surface area contributed by atoms with Crippen LogP contribution in [0.25, 0.3) is 22.5 Å². The van der Waals surface area contributed by atoms with Crippen LogP contribution in [-0.2, 0) is 0 Å². The number of hydrogen-bond acceptors (Lipinski definition) is 6. The number of pyridine rings is 1. The lowest BCUT2D eigenvalue weighted by molar-refractivity contribution is -0.274. The summed E-state index contributed by atoms with van der Waals surface area (Å²) in [4.78, 5) is 24.1. The van der Waals surface area contributed by atoms with E-state index in [-0.39, 0.29) is 5.75 Å². The van der Waals surface area contributed by atoms with Crippen LogP contribution in [-0.4, -0.2) is 27.2 Å². The van der Waals surface area contributed by atoms with Crippen molar-refractivity contribution in [1.29, 1.82) is 0 Å². The molecule has 0 saturated carbocycles. The zero-order valence-electron chi connectivity index (χ0n) is 16.9. The zero-order valence-corrected chi connectivity index (χ0v) is 16.9. The summed E-state index contributed by atoms with van der Waals surface area (Å²) in [5, 5.41) is 3.02. The average molecular weight is 451 g/mol. The molecule has 2 aromatic carbocycles. The van der Waals surface area contributed by atoms with Gasteiger partial charge in [0.2, 0.25) is 5.91 Å². The van der Waals surface area contributed by atoms with Crippen molar-refractivity contribution < 1.29 is 22.7 Å². The minimum absolute atomic E-state index is 0.315. The van der Waals surface area contributed by atoms with Crippen molar-refractivity contribution >= 4 is 17.4 Å². The van der Waals surface area contributed by atoms with E-state index in [2.05, 4.69) is 25.0 Å². The summed E-state index contributed by atoms with van der Waals surface area (Å²) in [7, 11) is 0. The van der Waals surface area contributed by atoms with E-state index in [1.165, 1.54) is 30.6 Å². The zero-order chi connectivity index (χ0) is 23.4. The van der Waals surface area contributed by atoms with E-state index < -0.39 is 12.3 Å². The van der Waals surface area contributed by atoms with Gasteiger partial charge in [0.1, 0.15) is 17.9 Å². The maximum Gasteiger partial charge on any atom is 0.573 e. The van der Waals surface area contributed by atoms with Crippen LogP contribution >= 0.6 is 0 Å². The Morgan fingerprint density at radius 3 is 2.21 bits per heavy atom. The molecule has 3 N–H and O–H groups in total. The number of ether oxygens (including phenoxy) is 1. The van der Waals surface area contributed by atoms with Gasteiger partial charge in [0.05, 0.1) is 11.4 Å². The molecule has 0 unspecified atom stereocenters. The number of nitrogens with zero attached hydrogens (tertiary/aromatic N) is 3. The van der Waals surface area contributed by atoms with Crippen molar-refractivity contribution in [2.45, 2.75) is 6.36 Å². The molecule has 0 atom stereocenters. The fraction of sp³-hybridized carbons (Fsp3) is 0.0435. The van der Waals surface area contributed by atoms with E-state index in [0.29, 0.717) is 28.5 Å². The summed E-state index contributed by atoms with van der Waals surface area (Å²) in [5.41, 5.74) is 9.07. The summed E-state index contributed by atoms with van der Waals surface area (Å²) >= 11 is 0. The maximum absolute atomic E-state index is 12.3. The van der Waals surface area contributed by atoms with Gasteiger partial charge in [-0.05, 0) is 48.5 Å². The molecule has 1 amide bonds. The lowest BCUT2D eigenvalue weighted by Gasteiger charge is -2.11. The van der Waals surface area contributed by atoms with E-state index >= 15 is 0 Å². The van der Waals surface area contributed by atoms with Gasteiger partial charge >= 0.3 is 6.36 Å². The molecule has 2 aromatic heterocycles. The number of amides is 1. The molecule has 166 valence electrons. The largest absolute Gasteiger partial charge is 0.573 e. The van der Waals surface area contributed by atoms with Crippen LogP contribution in [0.5, 0.6) is 5.75 Å². The summed E-state index contributed by atoms with van der Waals surface area (Å²) < 4.78 is 40.8. The molecule has 0 aliphatic heterocycles. The molecule has 0 saturated heterocycles. The third kappa shape index (κ3) is 5.62. The Morgan fingerprint density at radius 1 is 0.848 bits per heavy atom. The number of primary amides is 1. The quantitative estimate of drug-likeness (QED) is 0.430. The number of halogens is 3. The van der Waals surface area contributed by atoms with Crippen LogP contribution in [0.2, 0.25) is 0 Å². The van der Waals surface area contributed by atoms with Crippen LogP contribution in [0.4, 0.5) is 24.7 Å². The highest BCUT2D eigenvalue weighted by Crippen LogP contribution is 2.27. The van der Waals surface area contributed by atoms with Gasteiger partial charge in [-0.15, -0.1) is 13.2 Å². The standard InChI is InChI=1S/C23H16F3N5O2/c24-23(25,26)33-18-7-5-17(6-8-18)31-21-12-20(29-13-30-21)16-9-10-28-19(11-16)14-1-3-15(4-2-14)22(27)32/h1-13H,(H2,27,32)(H,29,30,31). The Balaban J connectivity index is 1.53. The van der Waals surface area contributed by atoms with Gasteiger partial charge in [0.25, 0.3) is 0 Å². The van der Waals surface area contributed by atoms with Crippen molar-refractivity contribution in [3.05, 3.63) is 84.8 Å². The Labute approximate surface area is 186 Å². The van der Waals surface area contributed by atoms with Gasteiger partial charge in [-0.3, -0.25) is 9.78 Å². The highest BCUT2D eigenvalue weighted by atomic mass is 19.4. The smallest absolute Gasteiger partial charge is 0.406 e. The number of carbonyl (C=O) groups is 1. The highest BCUT2D eigenvalue weighted by molar-refractivity contribution is 5.93. The van der Waals surface area contributed by atoms with Crippen LogP contribution in [0, 0.1) is 0 Å². The van der Waals surface area contributed by atoms with E-state index in [1.54, 1.807) is 42.6 Å². The molecule has 0 radical (unpaired) electrons. The lowest BCUT2D eigenvalue weighted by Crippen LogP contribution is -2.16. The second-order valence-electron chi connectivity index (χ2n) is 6.86. The molecule has 4 aromatic rings. The Kier molecular flexibility index (Phi) is 5.90. The van der Waals surface area contributed by atoms with E-state index in [1.807, 2.05) is 6.07 Å². The predicted octanol–water partition coefficient (Wildman–Crippen LogP) is 4.95. The first kappa shape index (κ1) is 21.8. The number of benzene rings is 2. The number of aromatic nitrogens is 3. The number of hydrogen-bond donors (Lipinski definition) is 2. The minimum Gasteiger partial charge on any atom is -0.406 e. The first-order chi connectivity index (χ1) is 15.8. The third-order valence-corrected chi connectivity index (χ3v) is 4.55. The molecule has 4 rings (SSSR count). The summed E-state index contributed by atoms with van der Waals surface area (Å²) in [6.07, 6.45) is -1.73. The normalized spacial score (nSPS) is 11.1. The van der Waals surface area contributed by atoms with Crippen LogP contribution < -0.4 is 15.8 Å². The number of anilines is 2. The third-order valence-electron chi connectivity index (χ3n) is 4.55. The Bertz CT molecular complexity index is 1280. The van der Waals surface area contributed by atoms with Crippen molar-refractivity contribution in [3.63, 3.8) is 0 Å². The van der Waals surface area contributed by atoms with E-state index in [9.17, 15) is 18.0 Å². The van der Waals surface area contributed by atoms with Crippen molar-refractivity contribution in [3.8, 4) is 28.3 Å². The van der Waals surface area contributed by atoms with Crippen molar-refractivity contribution in [2.24, 2.45) is 5.73 Å². The number of carbonyl (C=O) groups excluding carboxylic acids is 1. The fourth-order valence-corrected chi connectivity index (χ4v) is 3.02. The Hall–Kier alpha value is -4.47. The van der Waals surface area contributed by atoms with Crippen LogP contribution in [0.15, 0.2) is 79.3 Å². The number of alkyl halides is 3. The molecular weight excluding hydrogens is 435 g/mol. The lowest BCUT2D eigenvalue weighted by atomic mass is 10.1. The molecule has 0 spiro atoms. The minimum atomic E-state index is -4.75. The van der Waals surface area contributed by atoms with Crippen LogP contribution in [0.1, 0.15) is 10.4 Å². The van der Waals surface area contributed by atoms with Gasteiger partial charge in [0, 0.05) is 34.6 Å². The first-order valence-corrected chi connectivity index (χ1v) is 9.58.